The number of amides is 2. The molecule has 2 aliphatic heterocycles. The second-order valence-electron chi connectivity index (χ2n) is 11.4. The fourth-order valence-corrected chi connectivity index (χ4v) is 8.92. The van der Waals surface area contributed by atoms with Gasteiger partial charge in [0.2, 0.25) is 21.8 Å². The molecule has 1 aromatic heterocycles. The van der Waals surface area contributed by atoms with Crippen molar-refractivity contribution in [3.8, 4) is 0 Å². The van der Waals surface area contributed by atoms with Gasteiger partial charge in [-0.25, -0.2) is 8.42 Å². The summed E-state index contributed by atoms with van der Waals surface area (Å²) in [5.41, 5.74) is 3.69. The SMILES string of the molecule is Cc1ccc(SC2(C(=O)N3CCN(S(C)(=O)=O)CC3)CC(=O)N(Cc3ccc(Br)cc3)C2c2c[nH]c3cc(Cl)ccc23)cc1. The minimum absolute atomic E-state index is 0.00186. The van der Waals surface area contributed by atoms with Crippen LogP contribution in [0.5, 0.6) is 0 Å². The normalized spacial score (nSPS) is 21.4. The molecular weight excluding hydrogens is 684 g/mol. The van der Waals surface area contributed by atoms with Gasteiger partial charge in [-0.1, -0.05) is 63.4 Å². The number of H-pyrrole nitrogens is 1. The maximum absolute atomic E-state index is 15.0. The zero-order valence-electron chi connectivity index (χ0n) is 24.3. The van der Waals surface area contributed by atoms with Crippen LogP contribution in [0.2, 0.25) is 5.02 Å². The van der Waals surface area contributed by atoms with Crippen LogP contribution in [-0.4, -0.2) is 76.5 Å². The number of hydrogen-bond donors (Lipinski definition) is 1. The Balaban J connectivity index is 1.49. The number of aryl methyl sites for hydroxylation is 1. The van der Waals surface area contributed by atoms with E-state index in [0.717, 1.165) is 37.0 Å². The van der Waals surface area contributed by atoms with Crippen LogP contribution in [0, 0.1) is 6.92 Å². The van der Waals surface area contributed by atoms with Crippen molar-refractivity contribution >= 4 is 72.0 Å². The third-order valence-corrected chi connectivity index (χ3v) is 11.9. The molecule has 230 valence electrons. The first-order chi connectivity index (χ1) is 20.9. The Bertz CT molecular complexity index is 1820. The first-order valence-electron chi connectivity index (χ1n) is 14.3. The average Bonchev–Trinajstić information content (AvgIpc) is 3.52. The number of piperazine rings is 1. The minimum atomic E-state index is -3.38. The first kappa shape index (κ1) is 31.2. The van der Waals surface area contributed by atoms with Crippen LogP contribution in [0.25, 0.3) is 10.9 Å². The second kappa shape index (κ2) is 12.2. The van der Waals surface area contributed by atoms with E-state index in [1.165, 1.54) is 22.3 Å². The van der Waals surface area contributed by atoms with Gasteiger partial charge in [0, 0.05) is 69.8 Å². The van der Waals surface area contributed by atoms with Gasteiger partial charge < -0.3 is 14.8 Å². The molecule has 2 fully saturated rings. The Hall–Kier alpha value is -2.83. The van der Waals surface area contributed by atoms with E-state index in [4.69, 9.17) is 11.6 Å². The summed E-state index contributed by atoms with van der Waals surface area (Å²) in [6, 6.07) is 20.8. The molecule has 0 radical (unpaired) electrons. The van der Waals surface area contributed by atoms with E-state index < -0.39 is 20.8 Å². The van der Waals surface area contributed by atoms with Crippen molar-refractivity contribution in [3.63, 3.8) is 0 Å². The first-order valence-corrected chi connectivity index (χ1v) is 18.1. The van der Waals surface area contributed by atoms with Crippen molar-refractivity contribution < 1.29 is 18.0 Å². The van der Waals surface area contributed by atoms with Gasteiger partial charge >= 0.3 is 0 Å². The monoisotopic (exact) mass is 714 g/mol. The van der Waals surface area contributed by atoms with E-state index in [2.05, 4.69) is 20.9 Å². The Labute approximate surface area is 274 Å². The number of thioether (sulfide) groups is 1. The summed E-state index contributed by atoms with van der Waals surface area (Å²) in [4.78, 5) is 36.9. The second-order valence-corrected chi connectivity index (χ2v) is 16.2. The molecule has 2 saturated heterocycles. The van der Waals surface area contributed by atoms with Gasteiger partial charge in [0.05, 0.1) is 18.7 Å². The number of carbonyl (C=O) groups is 2. The van der Waals surface area contributed by atoms with Gasteiger partial charge in [-0.2, -0.15) is 4.31 Å². The molecule has 0 aliphatic carbocycles. The number of carbonyl (C=O) groups excluding carboxylic acids is 2. The number of aromatic nitrogens is 1. The quantitative estimate of drug-likeness (QED) is 0.254. The van der Waals surface area contributed by atoms with Gasteiger partial charge in [-0.15, -0.1) is 11.8 Å². The molecule has 0 bridgehead atoms. The molecule has 3 heterocycles. The molecule has 3 aromatic carbocycles. The topological polar surface area (TPSA) is 93.8 Å². The zero-order valence-corrected chi connectivity index (χ0v) is 28.3. The molecule has 2 unspecified atom stereocenters. The van der Waals surface area contributed by atoms with Gasteiger partial charge in [-0.3, -0.25) is 9.59 Å². The molecule has 12 heteroatoms. The predicted molar refractivity (Wildman–Crippen MR) is 178 cm³/mol. The third kappa shape index (κ3) is 6.04. The highest BCUT2D eigenvalue weighted by atomic mass is 79.9. The molecular formula is C32H32BrClN4O4S2. The molecule has 1 N–H and O–H groups in total. The Morgan fingerprint density at radius 1 is 1.05 bits per heavy atom. The van der Waals surface area contributed by atoms with E-state index in [1.54, 1.807) is 4.90 Å². The number of benzene rings is 3. The molecule has 4 aromatic rings. The number of hydrogen-bond acceptors (Lipinski definition) is 5. The maximum atomic E-state index is 15.0. The molecule has 8 nitrogen and oxygen atoms in total. The van der Waals surface area contributed by atoms with E-state index in [1.807, 2.05) is 84.8 Å². The summed E-state index contributed by atoms with van der Waals surface area (Å²) in [7, 11) is -3.38. The average molecular weight is 716 g/mol. The summed E-state index contributed by atoms with van der Waals surface area (Å²) < 4.78 is 25.6. The van der Waals surface area contributed by atoms with Crippen molar-refractivity contribution in [2.75, 3.05) is 32.4 Å². The zero-order chi connectivity index (χ0) is 31.2. The molecule has 0 spiro atoms. The maximum Gasteiger partial charge on any atom is 0.242 e. The van der Waals surface area contributed by atoms with Crippen molar-refractivity contribution in [2.45, 2.75) is 35.6 Å². The molecule has 2 amide bonds. The summed E-state index contributed by atoms with van der Waals surface area (Å²) in [5.74, 6) is -0.292. The predicted octanol–water partition coefficient (Wildman–Crippen LogP) is 6.00. The third-order valence-electron chi connectivity index (χ3n) is 8.40. The lowest BCUT2D eigenvalue weighted by Crippen LogP contribution is -2.56. The lowest BCUT2D eigenvalue weighted by molar-refractivity contribution is -0.136. The lowest BCUT2D eigenvalue weighted by atomic mass is 9.90. The summed E-state index contributed by atoms with van der Waals surface area (Å²) in [6.45, 7) is 3.25. The van der Waals surface area contributed by atoms with Crippen LogP contribution in [0.1, 0.15) is 29.2 Å². The lowest BCUT2D eigenvalue weighted by Gasteiger charge is -2.42. The highest BCUT2D eigenvalue weighted by molar-refractivity contribution is 9.10. The summed E-state index contributed by atoms with van der Waals surface area (Å²) in [6.07, 6.45) is 3.07. The smallest absolute Gasteiger partial charge is 0.242 e. The van der Waals surface area contributed by atoms with Crippen molar-refractivity contribution in [3.05, 3.63) is 99.1 Å². The summed E-state index contributed by atoms with van der Waals surface area (Å²) in [5, 5.41) is 1.47. The van der Waals surface area contributed by atoms with E-state index in [9.17, 15) is 18.0 Å². The van der Waals surface area contributed by atoms with E-state index >= 15 is 0 Å². The standard InChI is InChI=1S/C32H32BrClN4O4S2/c1-21-3-10-25(11-4-21)43-32(31(40)36-13-15-37(16-14-36)44(2,41)42)18-29(39)38(20-22-5-7-23(33)8-6-22)30(32)27-19-35-28-17-24(34)9-12-26(27)28/h3-12,17,19,30,35H,13-16,18,20H2,1-2H3. The van der Waals surface area contributed by atoms with E-state index in [0.29, 0.717) is 11.6 Å². The largest absolute Gasteiger partial charge is 0.361 e. The van der Waals surface area contributed by atoms with Crippen molar-refractivity contribution in [1.29, 1.82) is 0 Å². The van der Waals surface area contributed by atoms with E-state index in [-0.39, 0.29) is 44.4 Å². The molecule has 0 saturated carbocycles. The Morgan fingerprint density at radius 3 is 2.39 bits per heavy atom. The number of likely N-dealkylation sites (tertiary alicyclic amines) is 1. The van der Waals surface area contributed by atoms with Gasteiger partial charge in [0.1, 0.15) is 4.75 Å². The number of fused-ring (bicyclic) bond motifs is 1. The molecule has 2 atom stereocenters. The highest BCUT2D eigenvalue weighted by Gasteiger charge is 2.60. The highest BCUT2D eigenvalue weighted by Crippen LogP contribution is 2.55. The van der Waals surface area contributed by atoms with Crippen LogP contribution >= 0.6 is 39.3 Å². The number of nitrogens with zero attached hydrogens (tertiary/aromatic N) is 3. The minimum Gasteiger partial charge on any atom is -0.361 e. The van der Waals surface area contributed by atoms with Crippen LogP contribution in [0.15, 0.2) is 82.3 Å². The fourth-order valence-electron chi connectivity index (χ4n) is 6.19. The molecule has 2 aliphatic rings. The summed E-state index contributed by atoms with van der Waals surface area (Å²) >= 11 is 11.2. The number of rotatable bonds is 7. The Kier molecular flexibility index (Phi) is 8.62. The van der Waals surface area contributed by atoms with Crippen LogP contribution in [0.3, 0.4) is 0 Å². The van der Waals surface area contributed by atoms with Crippen molar-refractivity contribution in [1.82, 2.24) is 19.1 Å². The Morgan fingerprint density at radius 2 is 1.73 bits per heavy atom. The fraction of sp³-hybridized carbons (Fsp3) is 0.312. The van der Waals surface area contributed by atoms with Gasteiger partial charge in [-0.05, 0) is 48.9 Å². The van der Waals surface area contributed by atoms with Gasteiger partial charge in [0.15, 0.2) is 0 Å². The number of nitrogens with one attached hydrogen (secondary N) is 1. The number of halogens is 2. The van der Waals surface area contributed by atoms with Gasteiger partial charge in [0.25, 0.3) is 0 Å². The van der Waals surface area contributed by atoms with Crippen LogP contribution < -0.4 is 0 Å². The number of aromatic amines is 1. The van der Waals surface area contributed by atoms with Crippen LogP contribution in [0.4, 0.5) is 0 Å². The van der Waals surface area contributed by atoms with Crippen LogP contribution in [-0.2, 0) is 26.2 Å². The number of sulfonamides is 1. The van der Waals surface area contributed by atoms with Crippen molar-refractivity contribution in [2.24, 2.45) is 0 Å². The molecule has 6 rings (SSSR count). The molecule has 44 heavy (non-hydrogen) atoms.